The first-order valence-electron chi connectivity index (χ1n) is 10.3. The Morgan fingerprint density at radius 3 is 2.78 bits per heavy atom. The first-order valence-corrected chi connectivity index (χ1v) is 10.3. The monoisotopic (exact) mass is 446 g/mol. The summed E-state index contributed by atoms with van der Waals surface area (Å²) in [5, 5.41) is 7.84. The van der Waals surface area contributed by atoms with Gasteiger partial charge in [-0.15, -0.1) is 0 Å². The third-order valence-electron chi connectivity index (χ3n) is 5.69. The highest BCUT2D eigenvalue weighted by Gasteiger charge is 2.31. The molecule has 0 bridgehead atoms. The van der Waals surface area contributed by atoms with Crippen LogP contribution in [0.3, 0.4) is 0 Å². The van der Waals surface area contributed by atoms with E-state index in [2.05, 4.69) is 20.3 Å². The van der Waals surface area contributed by atoms with Crippen LogP contribution in [0.2, 0.25) is 0 Å². The van der Waals surface area contributed by atoms with Crippen LogP contribution in [-0.4, -0.2) is 63.6 Å². The molecule has 1 fully saturated rings. The summed E-state index contributed by atoms with van der Waals surface area (Å²) in [4.78, 5) is 19.0. The minimum atomic E-state index is -4.44. The van der Waals surface area contributed by atoms with E-state index in [-0.39, 0.29) is 0 Å². The summed E-state index contributed by atoms with van der Waals surface area (Å²) in [6.07, 6.45) is -1.25. The largest absolute Gasteiger partial charge is 0.416 e. The molecule has 2 aliphatic heterocycles. The number of alkyl halides is 3. The molecule has 5 rings (SSSR count). The van der Waals surface area contributed by atoms with E-state index in [1.165, 1.54) is 16.9 Å². The Morgan fingerprint density at radius 2 is 2.00 bits per heavy atom. The molecule has 1 aromatic carbocycles. The van der Waals surface area contributed by atoms with Crippen LogP contribution in [-0.2, 0) is 17.5 Å². The number of ether oxygens (including phenoxy) is 1. The van der Waals surface area contributed by atoms with Crippen molar-refractivity contribution in [1.29, 1.82) is 0 Å². The van der Waals surface area contributed by atoms with E-state index in [0.717, 1.165) is 31.8 Å². The van der Waals surface area contributed by atoms with Crippen molar-refractivity contribution in [2.75, 3.05) is 44.7 Å². The van der Waals surface area contributed by atoms with Crippen molar-refractivity contribution < 1.29 is 17.9 Å². The van der Waals surface area contributed by atoms with E-state index in [1.54, 1.807) is 12.1 Å². The Bertz CT molecular complexity index is 1240. The molecule has 32 heavy (non-hydrogen) atoms. The van der Waals surface area contributed by atoms with Crippen LogP contribution >= 0.6 is 0 Å². The highest BCUT2D eigenvalue weighted by molar-refractivity contribution is 5.83. The Hall–Kier alpha value is -3.18. The van der Waals surface area contributed by atoms with Gasteiger partial charge in [0.05, 0.1) is 30.7 Å². The van der Waals surface area contributed by atoms with Crippen molar-refractivity contribution in [3.05, 3.63) is 58.0 Å². The fraction of sp³-hybridized carbons (Fsp3) is 0.381. The van der Waals surface area contributed by atoms with E-state index < -0.39 is 17.3 Å². The highest BCUT2D eigenvalue weighted by Crippen LogP contribution is 2.33. The van der Waals surface area contributed by atoms with Gasteiger partial charge < -0.3 is 10.1 Å². The van der Waals surface area contributed by atoms with E-state index >= 15 is 0 Å². The van der Waals surface area contributed by atoms with Gasteiger partial charge in [-0.3, -0.25) is 14.3 Å². The van der Waals surface area contributed by atoms with Gasteiger partial charge in [0.1, 0.15) is 5.39 Å². The van der Waals surface area contributed by atoms with Crippen LogP contribution in [0, 0.1) is 0 Å². The van der Waals surface area contributed by atoms with Crippen molar-refractivity contribution >= 4 is 22.7 Å². The summed E-state index contributed by atoms with van der Waals surface area (Å²) in [5.74, 6) is 0.414. The maximum absolute atomic E-state index is 13.2. The lowest BCUT2D eigenvalue weighted by Gasteiger charge is -2.27. The van der Waals surface area contributed by atoms with Gasteiger partial charge in [-0.05, 0) is 18.2 Å². The number of hydrogen-bond donors (Lipinski definition) is 1. The van der Waals surface area contributed by atoms with Crippen LogP contribution in [0.4, 0.5) is 19.1 Å². The fourth-order valence-electron chi connectivity index (χ4n) is 4.06. The number of anilines is 1. The number of nitrogens with zero attached hydrogens (tertiary/aromatic N) is 5. The van der Waals surface area contributed by atoms with E-state index in [9.17, 15) is 18.0 Å². The summed E-state index contributed by atoms with van der Waals surface area (Å²) in [6, 6.07) is 5.10. The SMILES string of the molecule is O=c1nc(NCCN2CCOCC2)n2c3c1cnn3C(c1cccc(C(F)(F)F)c1)=CC2. The molecular formula is C21H21F3N6O2. The number of halogens is 3. The summed E-state index contributed by atoms with van der Waals surface area (Å²) in [7, 11) is 0. The molecule has 0 amide bonds. The first kappa shape index (κ1) is 20.7. The third kappa shape index (κ3) is 3.78. The van der Waals surface area contributed by atoms with Crippen molar-refractivity contribution in [1.82, 2.24) is 24.2 Å². The lowest BCUT2D eigenvalue weighted by atomic mass is 10.1. The maximum Gasteiger partial charge on any atom is 0.416 e. The van der Waals surface area contributed by atoms with Crippen molar-refractivity contribution in [2.45, 2.75) is 12.7 Å². The average Bonchev–Trinajstić information content (AvgIpc) is 3.23. The molecule has 1 N–H and O–H groups in total. The second kappa shape index (κ2) is 8.06. The van der Waals surface area contributed by atoms with Gasteiger partial charge >= 0.3 is 6.18 Å². The fourth-order valence-corrected chi connectivity index (χ4v) is 4.06. The lowest BCUT2D eigenvalue weighted by Crippen LogP contribution is -2.39. The third-order valence-corrected chi connectivity index (χ3v) is 5.69. The second-order valence-corrected chi connectivity index (χ2v) is 7.69. The van der Waals surface area contributed by atoms with Gasteiger partial charge in [-0.25, -0.2) is 4.68 Å². The standard InChI is InChI=1S/C21H21F3N6O2/c22-21(23,24)15-3-1-2-14(12-15)17-4-6-29-19-16(13-26-30(17)19)18(31)27-20(29)25-5-7-28-8-10-32-11-9-28/h1-4,12-13H,5-11H2,(H,25,27,31). The molecule has 4 heterocycles. The number of aromatic nitrogens is 4. The number of nitrogens with one attached hydrogen (secondary N) is 1. The topological polar surface area (TPSA) is 77.2 Å². The van der Waals surface area contributed by atoms with E-state index in [0.29, 0.717) is 54.5 Å². The van der Waals surface area contributed by atoms with Crippen LogP contribution in [0.15, 0.2) is 41.3 Å². The van der Waals surface area contributed by atoms with E-state index in [1.807, 2.05) is 4.57 Å². The molecule has 0 radical (unpaired) electrons. The Morgan fingerprint density at radius 1 is 1.19 bits per heavy atom. The first-order chi connectivity index (χ1) is 15.4. The quantitative estimate of drug-likeness (QED) is 0.648. The number of morpholine rings is 1. The number of rotatable bonds is 5. The molecule has 2 aliphatic rings. The molecule has 168 valence electrons. The zero-order chi connectivity index (χ0) is 22.3. The Kier molecular flexibility index (Phi) is 5.22. The molecule has 11 heteroatoms. The molecule has 3 aromatic rings. The Balaban J connectivity index is 1.46. The van der Waals surface area contributed by atoms with Gasteiger partial charge in [0, 0.05) is 38.3 Å². The second-order valence-electron chi connectivity index (χ2n) is 7.69. The summed E-state index contributed by atoms with van der Waals surface area (Å²) in [5.41, 5.74) is 0.219. The van der Waals surface area contributed by atoms with Gasteiger partial charge in [0.25, 0.3) is 5.56 Å². The molecule has 0 unspecified atom stereocenters. The zero-order valence-corrected chi connectivity index (χ0v) is 17.1. The van der Waals surface area contributed by atoms with Gasteiger partial charge in [-0.2, -0.15) is 23.3 Å². The molecule has 0 saturated carbocycles. The van der Waals surface area contributed by atoms with Gasteiger partial charge in [0.2, 0.25) is 5.95 Å². The minimum absolute atomic E-state index is 0.321. The van der Waals surface area contributed by atoms with E-state index in [4.69, 9.17) is 4.74 Å². The minimum Gasteiger partial charge on any atom is -0.379 e. The molecule has 2 aromatic heterocycles. The summed E-state index contributed by atoms with van der Waals surface area (Å²) in [6.45, 7) is 4.85. The van der Waals surface area contributed by atoms with Crippen LogP contribution in [0.25, 0.3) is 16.7 Å². The van der Waals surface area contributed by atoms with Crippen molar-refractivity contribution in [2.24, 2.45) is 0 Å². The molecular weight excluding hydrogens is 425 g/mol. The smallest absolute Gasteiger partial charge is 0.379 e. The predicted molar refractivity (Wildman–Crippen MR) is 112 cm³/mol. The Labute approximate surface area is 180 Å². The predicted octanol–water partition coefficient (Wildman–Crippen LogP) is 2.26. The molecule has 0 atom stereocenters. The normalized spacial score (nSPS) is 16.9. The van der Waals surface area contributed by atoms with Gasteiger partial charge in [0.15, 0.2) is 5.65 Å². The number of allylic oxidation sites excluding steroid dienone is 1. The maximum atomic E-state index is 13.2. The summed E-state index contributed by atoms with van der Waals surface area (Å²) < 4.78 is 48.2. The molecule has 0 spiro atoms. The average molecular weight is 446 g/mol. The van der Waals surface area contributed by atoms with Gasteiger partial charge in [-0.1, -0.05) is 12.1 Å². The molecule has 1 saturated heterocycles. The molecule has 8 nitrogen and oxygen atoms in total. The number of benzene rings is 1. The lowest BCUT2D eigenvalue weighted by molar-refractivity contribution is -0.137. The summed E-state index contributed by atoms with van der Waals surface area (Å²) >= 11 is 0. The molecule has 0 aliphatic carbocycles. The van der Waals surface area contributed by atoms with Crippen LogP contribution in [0.5, 0.6) is 0 Å². The highest BCUT2D eigenvalue weighted by atomic mass is 19.4. The zero-order valence-electron chi connectivity index (χ0n) is 17.1. The van der Waals surface area contributed by atoms with Crippen molar-refractivity contribution in [3.8, 4) is 0 Å². The number of hydrogen-bond acceptors (Lipinski definition) is 6. The van der Waals surface area contributed by atoms with Crippen LogP contribution in [0.1, 0.15) is 11.1 Å². The van der Waals surface area contributed by atoms with Crippen LogP contribution < -0.4 is 10.9 Å². The van der Waals surface area contributed by atoms with Crippen molar-refractivity contribution in [3.63, 3.8) is 0 Å².